The van der Waals surface area contributed by atoms with Gasteiger partial charge in [0.25, 0.3) is 0 Å². The summed E-state index contributed by atoms with van der Waals surface area (Å²) in [6.45, 7) is 7.52. The van der Waals surface area contributed by atoms with E-state index in [-0.39, 0.29) is 19.1 Å². The van der Waals surface area contributed by atoms with E-state index in [4.69, 9.17) is 14.2 Å². The van der Waals surface area contributed by atoms with E-state index in [2.05, 4.69) is 10.6 Å². The Morgan fingerprint density at radius 2 is 1.45 bits per heavy atom. The van der Waals surface area contributed by atoms with Gasteiger partial charge in [-0.25, -0.2) is 19.2 Å². The van der Waals surface area contributed by atoms with Crippen molar-refractivity contribution in [2.45, 2.75) is 77.4 Å². The highest BCUT2D eigenvalue weighted by Gasteiger charge is 2.30. The summed E-state index contributed by atoms with van der Waals surface area (Å²) in [5, 5.41) is 5.30. The summed E-state index contributed by atoms with van der Waals surface area (Å²) < 4.78 is 16.2. The molecule has 2 aromatic carbocycles. The lowest BCUT2D eigenvalue weighted by Crippen LogP contribution is -2.52. The third-order valence-electron chi connectivity index (χ3n) is 6.19. The minimum Gasteiger partial charge on any atom is -0.461 e. The first-order valence-electron chi connectivity index (χ1n) is 13.5. The second-order valence-corrected chi connectivity index (χ2v) is 10.8. The average molecular weight is 554 g/mol. The number of piperidine rings is 1. The Morgan fingerprint density at radius 3 is 2.02 bits per heavy atom. The van der Waals surface area contributed by atoms with Gasteiger partial charge in [-0.2, -0.15) is 0 Å². The van der Waals surface area contributed by atoms with Crippen LogP contribution < -0.4 is 10.6 Å². The smallest absolute Gasteiger partial charge is 0.408 e. The van der Waals surface area contributed by atoms with Gasteiger partial charge >= 0.3 is 24.1 Å². The Bertz CT molecular complexity index is 1130. The Morgan fingerprint density at radius 1 is 0.875 bits per heavy atom. The molecule has 0 unspecified atom stereocenters. The second-order valence-electron chi connectivity index (χ2n) is 10.8. The summed E-state index contributed by atoms with van der Waals surface area (Å²) in [4.78, 5) is 52.0. The van der Waals surface area contributed by atoms with Crippen LogP contribution in [0.3, 0.4) is 0 Å². The average Bonchev–Trinajstić information content (AvgIpc) is 2.91. The number of alkyl carbamates (subject to hydrolysis) is 1. The lowest BCUT2D eigenvalue weighted by molar-refractivity contribution is -0.153. The fraction of sp³-hybridized carbons (Fsp3) is 0.467. The van der Waals surface area contributed by atoms with Crippen molar-refractivity contribution in [2.75, 3.05) is 13.1 Å². The molecule has 2 aromatic rings. The van der Waals surface area contributed by atoms with E-state index in [9.17, 15) is 19.2 Å². The topological polar surface area (TPSA) is 123 Å². The largest absolute Gasteiger partial charge is 0.461 e. The minimum atomic E-state index is -0.878. The summed E-state index contributed by atoms with van der Waals surface area (Å²) in [6, 6.07) is 16.6. The molecule has 40 heavy (non-hydrogen) atoms. The van der Waals surface area contributed by atoms with Crippen molar-refractivity contribution in [1.82, 2.24) is 15.5 Å². The van der Waals surface area contributed by atoms with Crippen LogP contribution in [-0.2, 0) is 36.8 Å². The predicted octanol–water partition coefficient (Wildman–Crippen LogP) is 3.97. The molecule has 1 fully saturated rings. The maximum Gasteiger partial charge on any atom is 0.408 e. The summed E-state index contributed by atoms with van der Waals surface area (Å²) in [6.07, 6.45) is 0.0584. The molecule has 0 bridgehead atoms. The predicted molar refractivity (Wildman–Crippen MR) is 148 cm³/mol. The van der Waals surface area contributed by atoms with Gasteiger partial charge in [-0.3, -0.25) is 0 Å². The highest BCUT2D eigenvalue weighted by Crippen LogP contribution is 2.16. The first-order chi connectivity index (χ1) is 19.0. The summed E-state index contributed by atoms with van der Waals surface area (Å²) in [7, 11) is 0. The number of nitrogens with one attached hydrogen (secondary N) is 2. The van der Waals surface area contributed by atoms with Crippen LogP contribution in [0.15, 0.2) is 60.7 Å². The number of nitrogens with zero attached hydrogens (tertiary/aromatic N) is 1. The van der Waals surface area contributed by atoms with Crippen molar-refractivity contribution in [2.24, 2.45) is 0 Å². The molecule has 0 saturated carbocycles. The number of likely N-dealkylation sites (tertiary alicyclic amines) is 1. The van der Waals surface area contributed by atoms with E-state index in [0.717, 1.165) is 11.1 Å². The van der Waals surface area contributed by atoms with Crippen LogP contribution in [-0.4, -0.2) is 65.8 Å². The minimum absolute atomic E-state index is 0.110. The lowest BCUT2D eigenvalue weighted by atomic mass is 10.1. The number of esters is 2. The third kappa shape index (κ3) is 10.2. The quantitative estimate of drug-likeness (QED) is 0.356. The Labute approximate surface area is 235 Å². The molecule has 3 amide bonds. The number of urea groups is 1. The van der Waals surface area contributed by atoms with E-state index in [0.29, 0.717) is 25.9 Å². The van der Waals surface area contributed by atoms with Crippen molar-refractivity contribution in [3.8, 4) is 0 Å². The molecule has 0 aliphatic carbocycles. The van der Waals surface area contributed by atoms with Crippen molar-refractivity contribution in [3.05, 3.63) is 71.8 Å². The zero-order chi connectivity index (χ0) is 29.1. The van der Waals surface area contributed by atoms with E-state index < -0.39 is 41.8 Å². The molecule has 1 saturated heterocycles. The van der Waals surface area contributed by atoms with Crippen molar-refractivity contribution < 1.29 is 33.4 Å². The SMILES string of the molecule is C[C@H](NC(=O)OC(C)(C)C)C(=O)OC1CCN(C(=O)N[C@@H](Cc2ccccc2)C(=O)OCc2ccccc2)CC1. The van der Waals surface area contributed by atoms with Gasteiger partial charge in [0.2, 0.25) is 0 Å². The summed E-state index contributed by atoms with van der Waals surface area (Å²) in [5.41, 5.74) is 1.07. The zero-order valence-electron chi connectivity index (χ0n) is 23.6. The van der Waals surface area contributed by atoms with Crippen LogP contribution in [0.1, 0.15) is 51.7 Å². The van der Waals surface area contributed by atoms with Gasteiger partial charge in [-0.1, -0.05) is 60.7 Å². The van der Waals surface area contributed by atoms with Gasteiger partial charge in [0.15, 0.2) is 0 Å². The molecule has 216 valence electrons. The van der Waals surface area contributed by atoms with Crippen LogP contribution in [0.25, 0.3) is 0 Å². The number of carbonyl (C=O) groups is 4. The molecule has 0 radical (unpaired) electrons. The molecule has 0 spiro atoms. The molecule has 3 rings (SSSR count). The van der Waals surface area contributed by atoms with Crippen molar-refractivity contribution in [3.63, 3.8) is 0 Å². The molecule has 2 atom stereocenters. The maximum absolute atomic E-state index is 13.1. The van der Waals surface area contributed by atoms with Crippen LogP contribution in [0.2, 0.25) is 0 Å². The number of rotatable bonds is 9. The molecule has 10 heteroatoms. The maximum atomic E-state index is 13.1. The molecule has 1 heterocycles. The second kappa shape index (κ2) is 14.3. The summed E-state index contributed by atoms with van der Waals surface area (Å²) >= 11 is 0. The fourth-order valence-corrected chi connectivity index (χ4v) is 4.10. The van der Waals surface area contributed by atoms with E-state index in [1.54, 1.807) is 25.7 Å². The first kappa shape index (κ1) is 30.5. The van der Waals surface area contributed by atoms with Gasteiger partial charge in [0, 0.05) is 32.4 Å². The highest BCUT2D eigenvalue weighted by molar-refractivity contribution is 5.84. The van der Waals surface area contributed by atoms with Gasteiger partial charge in [-0.05, 0) is 38.8 Å². The standard InChI is InChI=1S/C30H39N3O7/c1-21(31-29(37)40-30(2,3)4)26(34)39-24-15-17-33(18-16-24)28(36)32-25(19-22-11-7-5-8-12-22)27(35)38-20-23-13-9-6-10-14-23/h5-14,21,24-25H,15-20H2,1-4H3,(H,31,37)(H,32,36)/t21-,25-/m0/s1. The fourth-order valence-electron chi connectivity index (χ4n) is 4.10. The third-order valence-corrected chi connectivity index (χ3v) is 6.19. The van der Waals surface area contributed by atoms with Crippen LogP contribution in [0.4, 0.5) is 9.59 Å². The van der Waals surface area contributed by atoms with Crippen molar-refractivity contribution in [1.29, 1.82) is 0 Å². The summed E-state index contributed by atoms with van der Waals surface area (Å²) in [5.74, 6) is -1.09. The van der Waals surface area contributed by atoms with E-state index in [1.165, 1.54) is 6.92 Å². The number of hydrogen-bond donors (Lipinski definition) is 2. The monoisotopic (exact) mass is 553 g/mol. The van der Waals surface area contributed by atoms with Gasteiger partial charge < -0.3 is 29.7 Å². The molecule has 10 nitrogen and oxygen atoms in total. The number of carbonyl (C=O) groups excluding carboxylic acids is 4. The van der Waals surface area contributed by atoms with Gasteiger partial charge in [-0.15, -0.1) is 0 Å². The molecule has 2 N–H and O–H groups in total. The number of benzene rings is 2. The Kier molecular flexibility index (Phi) is 10.9. The van der Waals surface area contributed by atoms with Gasteiger partial charge in [0.05, 0.1) is 0 Å². The first-order valence-corrected chi connectivity index (χ1v) is 13.5. The molecule has 1 aliphatic rings. The lowest BCUT2D eigenvalue weighted by Gasteiger charge is -2.33. The number of ether oxygens (including phenoxy) is 3. The van der Waals surface area contributed by atoms with Crippen molar-refractivity contribution >= 4 is 24.1 Å². The Balaban J connectivity index is 1.50. The molecular formula is C30H39N3O7. The highest BCUT2D eigenvalue weighted by atomic mass is 16.6. The van der Waals surface area contributed by atoms with Crippen LogP contribution in [0, 0.1) is 0 Å². The van der Waals surface area contributed by atoms with Gasteiger partial charge in [0.1, 0.15) is 30.4 Å². The van der Waals surface area contributed by atoms with Crippen LogP contribution >= 0.6 is 0 Å². The number of hydrogen-bond acceptors (Lipinski definition) is 7. The molecular weight excluding hydrogens is 514 g/mol. The number of amides is 3. The normalized spacial score (nSPS) is 15.3. The van der Waals surface area contributed by atoms with E-state index >= 15 is 0 Å². The molecule has 0 aromatic heterocycles. The Hall–Kier alpha value is -4.08. The van der Waals surface area contributed by atoms with Crippen LogP contribution in [0.5, 0.6) is 0 Å². The van der Waals surface area contributed by atoms with E-state index in [1.807, 2.05) is 60.7 Å². The molecule has 1 aliphatic heterocycles. The zero-order valence-corrected chi connectivity index (χ0v) is 23.6.